The van der Waals surface area contributed by atoms with Crippen molar-refractivity contribution in [2.24, 2.45) is 5.10 Å². The molecular weight excluding hydrogens is 348 g/mol. The fourth-order valence-electron chi connectivity index (χ4n) is 2.31. The molecule has 132 valence electrons. The summed E-state index contributed by atoms with van der Waals surface area (Å²) >= 11 is 6.09. The standard InChI is InChI=1S/C21H19ClN2O2/c1-25-21-12-9-18(13-20(21)22)24-23-14-16-7-10-19(11-8-16)26-15-17-5-3-2-4-6-17/h2-14,24H,15H2,1H3/b23-14+. The van der Waals surface area contributed by atoms with E-state index in [1.807, 2.05) is 60.7 Å². The molecule has 0 aliphatic heterocycles. The summed E-state index contributed by atoms with van der Waals surface area (Å²) in [6.07, 6.45) is 1.74. The number of ether oxygens (including phenoxy) is 2. The van der Waals surface area contributed by atoms with Crippen LogP contribution in [0.3, 0.4) is 0 Å². The van der Waals surface area contributed by atoms with Gasteiger partial charge in [-0.25, -0.2) is 0 Å². The number of nitrogens with one attached hydrogen (secondary N) is 1. The maximum atomic E-state index is 6.09. The number of hydrazone groups is 1. The zero-order chi connectivity index (χ0) is 18.2. The Kier molecular flexibility index (Phi) is 6.12. The van der Waals surface area contributed by atoms with E-state index in [0.29, 0.717) is 17.4 Å². The van der Waals surface area contributed by atoms with Crippen molar-refractivity contribution in [3.05, 3.63) is 88.9 Å². The molecule has 1 N–H and O–H groups in total. The molecule has 4 nitrogen and oxygen atoms in total. The first kappa shape index (κ1) is 17.8. The lowest BCUT2D eigenvalue weighted by Crippen LogP contribution is -1.95. The van der Waals surface area contributed by atoms with Crippen LogP contribution in [0.5, 0.6) is 11.5 Å². The highest BCUT2D eigenvalue weighted by atomic mass is 35.5. The van der Waals surface area contributed by atoms with Gasteiger partial charge in [0.25, 0.3) is 0 Å². The third-order valence-corrected chi connectivity index (χ3v) is 3.98. The maximum Gasteiger partial charge on any atom is 0.137 e. The molecular formula is C21H19ClN2O2. The number of nitrogens with zero attached hydrogens (tertiary/aromatic N) is 1. The van der Waals surface area contributed by atoms with Crippen molar-refractivity contribution >= 4 is 23.5 Å². The number of benzene rings is 3. The Morgan fingerprint density at radius 3 is 2.46 bits per heavy atom. The molecule has 3 aromatic rings. The van der Waals surface area contributed by atoms with Crippen molar-refractivity contribution in [1.82, 2.24) is 0 Å². The third-order valence-electron chi connectivity index (χ3n) is 3.69. The van der Waals surface area contributed by atoms with Gasteiger partial charge in [-0.2, -0.15) is 5.10 Å². The second-order valence-electron chi connectivity index (χ2n) is 5.56. The highest BCUT2D eigenvalue weighted by Crippen LogP contribution is 2.27. The average Bonchev–Trinajstić information content (AvgIpc) is 2.68. The molecule has 3 rings (SSSR count). The first-order valence-electron chi connectivity index (χ1n) is 8.14. The molecule has 0 heterocycles. The number of anilines is 1. The molecule has 3 aromatic carbocycles. The fraction of sp³-hybridized carbons (Fsp3) is 0.0952. The van der Waals surface area contributed by atoms with Gasteiger partial charge in [0.05, 0.1) is 24.0 Å². The van der Waals surface area contributed by atoms with Gasteiger partial charge < -0.3 is 9.47 Å². The Morgan fingerprint density at radius 2 is 1.77 bits per heavy atom. The summed E-state index contributed by atoms with van der Waals surface area (Å²) in [5.74, 6) is 1.45. The topological polar surface area (TPSA) is 42.8 Å². The van der Waals surface area contributed by atoms with Gasteiger partial charge in [-0.3, -0.25) is 5.43 Å². The molecule has 0 aromatic heterocycles. The lowest BCUT2D eigenvalue weighted by atomic mass is 10.2. The third kappa shape index (κ3) is 5.01. The van der Waals surface area contributed by atoms with E-state index in [2.05, 4.69) is 10.5 Å². The van der Waals surface area contributed by atoms with Gasteiger partial charge in [0.1, 0.15) is 18.1 Å². The number of hydrogen-bond acceptors (Lipinski definition) is 4. The summed E-state index contributed by atoms with van der Waals surface area (Å²) in [4.78, 5) is 0. The Labute approximate surface area is 158 Å². The van der Waals surface area contributed by atoms with Crippen LogP contribution in [0.25, 0.3) is 0 Å². The van der Waals surface area contributed by atoms with Gasteiger partial charge in [-0.15, -0.1) is 0 Å². The average molecular weight is 367 g/mol. The second-order valence-corrected chi connectivity index (χ2v) is 5.97. The fourth-order valence-corrected chi connectivity index (χ4v) is 2.57. The van der Waals surface area contributed by atoms with Crippen molar-refractivity contribution in [1.29, 1.82) is 0 Å². The quantitative estimate of drug-likeness (QED) is 0.451. The van der Waals surface area contributed by atoms with E-state index in [4.69, 9.17) is 21.1 Å². The van der Waals surface area contributed by atoms with E-state index in [-0.39, 0.29) is 0 Å². The van der Waals surface area contributed by atoms with Crippen LogP contribution < -0.4 is 14.9 Å². The summed E-state index contributed by atoms with van der Waals surface area (Å²) < 4.78 is 10.9. The summed E-state index contributed by atoms with van der Waals surface area (Å²) in [7, 11) is 1.58. The Bertz CT molecular complexity index is 865. The van der Waals surface area contributed by atoms with E-state index in [1.165, 1.54) is 0 Å². The Hall–Kier alpha value is -2.98. The van der Waals surface area contributed by atoms with Crippen molar-refractivity contribution in [2.45, 2.75) is 6.61 Å². The summed E-state index contributed by atoms with van der Waals surface area (Å²) in [5.41, 5.74) is 5.83. The highest BCUT2D eigenvalue weighted by molar-refractivity contribution is 6.32. The van der Waals surface area contributed by atoms with E-state index in [1.54, 1.807) is 25.5 Å². The number of halogens is 1. The minimum Gasteiger partial charge on any atom is -0.495 e. The van der Waals surface area contributed by atoms with Crippen LogP contribution in [0.2, 0.25) is 5.02 Å². The lowest BCUT2D eigenvalue weighted by Gasteiger charge is -2.06. The normalized spacial score (nSPS) is 10.7. The molecule has 0 saturated carbocycles. The summed E-state index contributed by atoms with van der Waals surface area (Å²) in [5, 5.41) is 4.75. The zero-order valence-electron chi connectivity index (χ0n) is 14.4. The molecule has 0 spiro atoms. The first-order chi connectivity index (χ1) is 12.7. The lowest BCUT2D eigenvalue weighted by molar-refractivity contribution is 0.306. The van der Waals surface area contributed by atoms with E-state index in [9.17, 15) is 0 Å². The van der Waals surface area contributed by atoms with Crippen LogP contribution in [0, 0.1) is 0 Å². The Balaban J connectivity index is 1.53. The second kappa shape index (κ2) is 8.92. The van der Waals surface area contributed by atoms with Crippen LogP contribution in [-0.4, -0.2) is 13.3 Å². The summed E-state index contributed by atoms with van der Waals surface area (Å²) in [6, 6.07) is 23.2. The van der Waals surface area contributed by atoms with Crippen molar-refractivity contribution in [3.63, 3.8) is 0 Å². The smallest absolute Gasteiger partial charge is 0.137 e. The van der Waals surface area contributed by atoms with Crippen molar-refractivity contribution < 1.29 is 9.47 Å². The predicted octanol–water partition coefficient (Wildman–Crippen LogP) is 5.37. The van der Waals surface area contributed by atoms with Crippen LogP contribution in [0.1, 0.15) is 11.1 Å². The van der Waals surface area contributed by atoms with E-state index in [0.717, 1.165) is 22.6 Å². The van der Waals surface area contributed by atoms with Gasteiger partial charge in [-0.05, 0) is 53.6 Å². The van der Waals surface area contributed by atoms with Gasteiger partial charge >= 0.3 is 0 Å². The molecule has 0 amide bonds. The molecule has 0 unspecified atom stereocenters. The van der Waals surface area contributed by atoms with Crippen LogP contribution in [-0.2, 0) is 6.61 Å². The van der Waals surface area contributed by atoms with Gasteiger partial charge in [0, 0.05) is 0 Å². The minimum atomic E-state index is 0.535. The minimum absolute atomic E-state index is 0.535. The SMILES string of the molecule is COc1ccc(N/N=C/c2ccc(OCc3ccccc3)cc2)cc1Cl. The molecule has 0 atom stereocenters. The molecule has 0 aliphatic rings. The first-order valence-corrected chi connectivity index (χ1v) is 8.52. The predicted molar refractivity (Wildman–Crippen MR) is 106 cm³/mol. The largest absolute Gasteiger partial charge is 0.495 e. The van der Waals surface area contributed by atoms with Gasteiger partial charge in [-0.1, -0.05) is 41.9 Å². The van der Waals surface area contributed by atoms with Crippen LogP contribution >= 0.6 is 11.6 Å². The van der Waals surface area contributed by atoms with Crippen molar-refractivity contribution in [2.75, 3.05) is 12.5 Å². The molecule has 0 radical (unpaired) electrons. The molecule has 5 heteroatoms. The van der Waals surface area contributed by atoms with Crippen LogP contribution in [0.15, 0.2) is 77.9 Å². The monoisotopic (exact) mass is 366 g/mol. The van der Waals surface area contributed by atoms with Crippen molar-refractivity contribution in [3.8, 4) is 11.5 Å². The van der Waals surface area contributed by atoms with Gasteiger partial charge in [0.15, 0.2) is 0 Å². The Morgan fingerprint density at radius 1 is 1.00 bits per heavy atom. The molecule has 26 heavy (non-hydrogen) atoms. The number of hydrogen-bond donors (Lipinski definition) is 1. The molecule has 0 fully saturated rings. The highest BCUT2D eigenvalue weighted by Gasteiger charge is 2.00. The number of methoxy groups -OCH3 is 1. The maximum absolute atomic E-state index is 6.09. The van der Waals surface area contributed by atoms with Gasteiger partial charge in [0.2, 0.25) is 0 Å². The molecule has 0 bridgehead atoms. The van der Waals surface area contributed by atoms with E-state index < -0.39 is 0 Å². The molecule has 0 saturated heterocycles. The molecule has 0 aliphatic carbocycles. The van der Waals surface area contributed by atoms with E-state index >= 15 is 0 Å². The number of rotatable bonds is 7. The summed E-state index contributed by atoms with van der Waals surface area (Å²) in [6.45, 7) is 0.550. The van der Waals surface area contributed by atoms with Crippen LogP contribution in [0.4, 0.5) is 5.69 Å². The zero-order valence-corrected chi connectivity index (χ0v) is 15.1.